The van der Waals surface area contributed by atoms with Gasteiger partial charge in [0.05, 0.1) is 6.21 Å². The number of nitrogens with zero attached hydrogens (tertiary/aromatic N) is 3. The fraction of sp³-hybridized carbons (Fsp3) is 0. The maximum Gasteiger partial charge on any atom is 0.281 e. The van der Waals surface area contributed by atoms with Gasteiger partial charge in [0, 0.05) is 29.1 Å². The predicted molar refractivity (Wildman–Crippen MR) is 96.9 cm³/mol. The number of pyridine rings is 1. The monoisotopic (exact) mass is 345 g/mol. The maximum absolute atomic E-state index is 12.8. The lowest BCUT2D eigenvalue weighted by atomic mass is 10.2. The van der Waals surface area contributed by atoms with Crippen LogP contribution in [0.2, 0.25) is 0 Å². The normalized spacial score (nSPS) is 10.6. The van der Waals surface area contributed by atoms with Crippen molar-refractivity contribution in [1.29, 1.82) is 0 Å². The van der Waals surface area contributed by atoms with E-state index in [0.29, 0.717) is 11.1 Å². The van der Waals surface area contributed by atoms with Crippen molar-refractivity contribution in [1.82, 2.24) is 9.99 Å². The van der Waals surface area contributed by atoms with Crippen LogP contribution in [0.5, 0.6) is 5.75 Å². The zero-order valence-electron chi connectivity index (χ0n) is 13.7. The number of hydrogen-bond donors (Lipinski definition) is 1. The molecule has 2 amide bonds. The Kier molecular flexibility index (Phi) is 5.14. The second-order valence-corrected chi connectivity index (χ2v) is 5.33. The molecule has 128 valence electrons. The number of aromatic hydroxyl groups is 1. The number of phenolic OH excluding ortho intramolecular Hbond substituents is 1. The molecule has 0 aliphatic rings. The number of carbonyl (C=O) groups excluding carboxylic acids is 2. The van der Waals surface area contributed by atoms with E-state index in [4.69, 9.17) is 0 Å². The summed E-state index contributed by atoms with van der Waals surface area (Å²) in [4.78, 5) is 29.4. The average molecular weight is 345 g/mol. The molecule has 0 saturated heterocycles. The molecule has 0 saturated carbocycles. The van der Waals surface area contributed by atoms with Gasteiger partial charge in [0.15, 0.2) is 0 Å². The number of amides is 2. The molecule has 1 N–H and O–H groups in total. The van der Waals surface area contributed by atoms with E-state index >= 15 is 0 Å². The third-order valence-corrected chi connectivity index (χ3v) is 3.58. The lowest BCUT2D eigenvalue weighted by Gasteiger charge is -2.15. The molecule has 0 radical (unpaired) electrons. The molecule has 0 atom stereocenters. The van der Waals surface area contributed by atoms with Gasteiger partial charge in [0.25, 0.3) is 11.8 Å². The summed E-state index contributed by atoms with van der Waals surface area (Å²) < 4.78 is 0. The van der Waals surface area contributed by atoms with Crippen molar-refractivity contribution in [3.05, 3.63) is 95.8 Å². The van der Waals surface area contributed by atoms with Crippen molar-refractivity contribution in [2.45, 2.75) is 0 Å². The van der Waals surface area contributed by atoms with Crippen molar-refractivity contribution >= 4 is 18.0 Å². The number of hydrazone groups is 1. The smallest absolute Gasteiger partial charge is 0.281 e. The predicted octanol–water partition coefficient (Wildman–Crippen LogP) is 3.10. The minimum Gasteiger partial charge on any atom is -0.507 e. The Morgan fingerprint density at radius 2 is 1.42 bits per heavy atom. The summed E-state index contributed by atoms with van der Waals surface area (Å²) in [6.45, 7) is 0. The van der Waals surface area contributed by atoms with Crippen molar-refractivity contribution < 1.29 is 14.7 Å². The van der Waals surface area contributed by atoms with E-state index < -0.39 is 11.8 Å². The fourth-order valence-electron chi connectivity index (χ4n) is 2.23. The molecule has 3 rings (SSSR count). The molecule has 1 aromatic heterocycles. The molecule has 0 unspecified atom stereocenters. The lowest BCUT2D eigenvalue weighted by molar-refractivity contribution is 0.0621. The second-order valence-electron chi connectivity index (χ2n) is 5.33. The Morgan fingerprint density at radius 1 is 0.846 bits per heavy atom. The summed E-state index contributed by atoms with van der Waals surface area (Å²) in [5.41, 5.74) is 0.990. The summed E-state index contributed by atoms with van der Waals surface area (Å²) in [5, 5.41) is 14.7. The SMILES string of the molecule is O=C(c1ccccc1)N(/N=C/c1ccccc1O)C(=O)c1ccncc1. The Bertz CT molecular complexity index is 889. The second kappa shape index (κ2) is 7.85. The zero-order valence-corrected chi connectivity index (χ0v) is 13.7. The van der Waals surface area contributed by atoms with Crippen LogP contribution in [-0.2, 0) is 0 Å². The van der Waals surface area contributed by atoms with Gasteiger partial charge in [-0.1, -0.05) is 30.3 Å². The van der Waals surface area contributed by atoms with Crippen molar-refractivity contribution in [2.24, 2.45) is 5.10 Å². The standard InChI is InChI=1S/C20H15N3O3/c24-18-9-5-4-8-17(18)14-22-23(19(25)15-6-2-1-3-7-15)20(26)16-10-12-21-13-11-16/h1-14,24H/b22-14+. The van der Waals surface area contributed by atoms with E-state index in [0.717, 1.165) is 5.01 Å². The van der Waals surface area contributed by atoms with Gasteiger partial charge in [0.1, 0.15) is 5.75 Å². The summed E-state index contributed by atoms with van der Waals surface area (Å²) >= 11 is 0. The molecule has 0 aliphatic heterocycles. The number of carbonyl (C=O) groups is 2. The molecule has 2 aromatic carbocycles. The van der Waals surface area contributed by atoms with Crippen LogP contribution in [0.25, 0.3) is 0 Å². The van der Waals surface area contributed by atoms with Gasteiger partial charge in [-0.15, -0.1) is 0 Å². The van der Waals surface area contributed by atoms with Crippen LogP contribution >= 0.6 is 0 Å². The third-order valence-electron chi connectivity index (χ3n) is 3.58. The van der Waals surface area contributed by atoms with Gasteiger partial charge in [-0.25, -0.2) is 0 Å². The molecule has 6 nitrogen and oxygen atoms in total. The molecule has 0 aliphatic carbocycles. The van der Waals surface area contributed by atoms with Gasteiger partial charge < -0.3 is 5.11 Å². The van der Waals surface area contributed by atoms with E-state index in [9.17, 15) is 14.7 Å². The van der Waals surface area contributed by atoms with Crippen LogP contribution < -0.4 is 0 Å². The van der Waals surface area contributed by atoms with Gasteiger partial charge in [0.2, 0.25) is 0 Å². The number of hydrogen-bond acceptors (Lipinski definition) is 5. The van der Waals surface area contributed by atoms with E-state index in [1.807, 2.05) is 0 Å². The molecule has 3 aromatic rings. The highest BCUT2D eigenvalue weighted by Crippen LogP contribution is 2.15. The highest BCUT2D eigenvalue weighted by Gasteiger charge is 2.23. The first kappa shape index (κ1) is 17.0. The molecule has 0 fully saturated rings. The fourth-order valence-corrected chi connectivity index (χ4v) is 2.23. The highest BCUT2D eigenvalue weighted by atomic mass is 16.3. The summed E-state index contributed by atoms with van der Waals surface area (Å²) in [6, 6.07) is 17.9. The van der Waals surface area contributed by atoms with Crippen molar-refractivity contribution in [3.8, 4) is 5.75 Å². The van der Waals surface area contributed by atoms with Crippen LogP contribution in [0, 0.1) is 0 Å². The van der Waals surface area contributed by atoms with Gasteiger partial charge in [-0.2, -0.15) is 10.1 Å². The van der Waals surface area contributed by atoms with Gasteiger partial charge >= 0.3 is 0 Å². The molecular formula is C20H15N3O3. The largest absolute Gasteiger partial charge is 0.507 e. The van der Waals surface area contributed by atoms with Crippen molar-refractivity contribution in [2.75, 3.05) is 0 Å². The number of para-hydroxylation sites is 1. The van der Waals surface area contributed by atoms with E-state index in [2.05, 4.69) is 10.1 Å². The van der Waals surface area contributed by atoms with Crippen LogP contribution in [0.3, 0.4) is 0 Å². The number of aromatic nitrogens is 1. The number of imide groups is 1. The molecule has 0 bridgehead atoms. The first-order chi connectivity index (χ1) is 12.7. The van der Waals surface area contributed by atoms with Crippen LogP contribution in [0.15, 0.2) is 84.2 Å². The van der Waals surface area contributed by atoms with E-state index in [1.165, 1.54) is 36.8 Å². The summed E-state index contributed by atoms with van der Waals surface area (Å²) in [7, 11) is 0. The zero-order chi connectivity index (χ0) is 18.4. The Morgan fingerprint density at radius 3 is 2.08 bits per heavy atom. The summed E-state index contributed by atoms with van der Waals surface area (Å²) in [6.07, 6.45) is 4.20. The molecular weight excluding hydrogens is 330 g/mol. The van der Waals surface area contributed by atoms with Crippen LogP contribution in [0.4, 0.5) is 0 Å². The highest BCUT2D eigenvalue weighted by molar-refractivity contribution is 6.10. The topological polar surface area (TPSA) is 82.9 Å². The number of phenols is 1. The molecule has 6 heteroatoms. The van der Waals surface area contributed by atoms with Gasteiger partial charge in [-0.3, -0.25) is 14.6 Å². The average Bonchev–Trinajstić information content (AvgIpc) is 2.70. The molecule has 26 heavy (non-hydrogen) atoms. The van der Waals surface area contributed by atoms with E-state index in [-0.39, 0.29) is 11.3 Å². The van der Waals surface area contributed by atoms with E-state index in [1.54, 1.807) is 48.5 Å². The van der Waals surface area contributed by atoms with Gasteiger partial charge in [-0.05, 0) is 36.4 Å². The minimum atomic E-state index is -0.590. The molecule has 1 heterocycles. The minimum absolute atomic E-state index is 0.000259. The maximum atomic E-state index is 12.8. The molecule has 0 spiro atoms. The number of rotatable bonds is 4. The number of benzene rings is 2. The first-order valence-corrected chi connectivity index (χ1v) is 7.82. The van der Waals surface area contributed by atoms with Crippen molar-refractivity contribution in [3.63, 3.8) is 0 Å². The Hall–Kier alpha value is -3.80. The Labute approximate surface area is 150 Å². The van der Waals surface area contributed by atoms with Crippen LogP contribution in [0.1, 0.15) is 26.3 Å². The van der Waals surface area contributed by atoms with Crippen LogP contribution in [-0.4, -0.2) is 33.1 Å². The lowest BCUT2D eigenvalue weighted by Crippen LogP contribution is -2.32. The first-order valence-electron chi connectivity index (χ1n) is 7.82. The quantitative estimate of drug-likeness (QED) is 0.447. The summed E-state index contributed by atoms with van der Waals surface area (Å²) in [5.74, 6) is -1.16. The third kappa shape index (κ3) is 3.81. The Balaban J connectivity index is 1.97.